The first-order valence-electron chi connectivity index (χ1n) is 6.81. The van der Waals surface area contributed by atoms with Crippen LogP contribution in [0.15, 0.2) is 30.3 Å². The zero-order chi connectivity index (χ0) is 13.9. The Morgan fingerprint density at radius 2 is 2.25 bits per heavy atom. The van der Waals surface area contributed by atoms with Crippen LogP contribution >= 0.6 is 11.6 Å². The van der Waals surface area contributed by atoms with E-state index >= 15 is 0 Å². The van der Waals surface area contributed by atoms with E-state index in [1.807, 2.05) is 24.3 Å². The normalized spacial score (nSPS) is 18.9. The van der Waals surface area contributed by atoms with Crippen LogP contribution in [0.5, 0.6) is 0 Å². The molecule has 0 spiro atoms. The minimum atomic E-state index is 0.0208. The first kappa shape index (κ1) is 13.3. The highest BCUT2D eigenvalue weighted by atomic mass is 35.5. The van der Waals surface area contributed by atoms with Gasteiger partial charge in [-0.15, -0.1) is 0 Å². The van der Waals surface area contributed by atoms with E-state index < -0.39 is 0 Å². The Labute approximate surface area is 122 Å². The number of amides is 1. The minimum Gasteiger partial charge on any atom is -0.316 e. The van der Waals surface area contributed by atoms with E-state index in [2.05, 4.69) is 15.6 Å². The summed E-state index contributed by atoms with van der Waals surface area (Å²) in [4.78, 5) is 16.6. The quantitative estimate of drug-likeness (QED) is 0.894. The number of para-hydroxylation sites is 1. The predicted molar refractivity (Wildman–Crippen MR) is 81.0 cm³/mol. The second-order valence-corrected chi connectivity index (χ2v) is 5.45. The number of hydrogen-bond acceptors (Lipinski definition) is 3. The Bertz CT molecular complexity index is 638. The molecule has 1 amide bonds. The van der Waals surface area contributed by atoms with E-state index in [0.29, 0.717) is 16.4 Å². The third-order valence-corrected chi connectivity index (χ3v) is 3.89. The third kappa shape index (κ3) is 2.76. The van der Waals surface area contributed by atoms with Crippen LogP contribution in [-0.2, 0) is 4.79 Å². The summed E-state index contributed by atoms with van der Waals surface area (Å²) in [5.41, 5.74) is 0.716. The maximum absolute atomic E-state index is 12.2. The van der Waals surface area contributed by atoms with Crippen LogP contribution in [0.3, 0.4) is 0 Å². The van der Waals surface area contributed by atoms with Crippen molar-refractivity contribution >= 4 is 34.2 Å². The highest BCUT2D eigenvalue weighted by Crippen LogP contribution is 2.23. The molecule has 2 aromatic rings. The van der Waals surface area contributed by atoms with Gasteiger partial charge >= 0.3 is 0 Å². The average molecular weight is 290 g/mol. The van der Waals surface area contributed by atoms with Crippen molar-refractivity contribution < 1.29 is 4.79 Å². The third-order valence-electron chi connectivity index (χ3n) is 3.59. The molecule has 1 saturated heterocycles. The number of nitrogens with zero attached hydrogens (tertiary/aromatic N) is 1. The van der Waals surface area contributed by atoms with Gasteiger partial charge in [0.1, 0.15) is 5.82 Å². The van der Waals surface area contributed by atoms with Gasteiger partial charge in [-0.3, -0.25) is 4.79 Å². The number of anilines is 1. The van der Waals surface area contributed by atoms with Crippen molar-refractivity contribution in [2.75, 3.05) is 18.4 Å². The molecule has 1 fully saturated rings. The topological polar surface area (TPSA) is 54.0 Å². The molecule has 2 N–H and O–H groups in total. The van der Waals surface area contributed by atoms with Crippen LogP contribution in [0.2, 0.25) is 5.02 Å². The molecule has 1 aliphatic rings. The summed E-state index contributed by atoms with van der Waals surface area (Å²) in [7, 11) is 0. The molecule has 5 heteroatoms. The Morgan fingerprint density at radius 1 is 1.35 bits per heavy atom. The minimum absolute atomic E-state index is 0.0208. The number of hydrogen-bond donors (Lipinski definition) is 2. The van der Waals surface area contributed by atoms with Gasteiger partial charge in [-0.1, -0.05) is 23.7 Å². The molecule has 0 saturated carbocycles. The van der Waals surface area contributed by atoms with E-state index in [0.717, 1.165) is 31.3 Å². The molecule has 1 aromatic carbocycles. The molecular formula is C15H16ClN3O. The van der Waals surface area contributed by atoms with Crippen molar-refractivity contribution in [1.82, 2.24) is 10.3 Å². The number of carbonyl (C=O) groups is 1. The van der Waals surface area contributed by atoms with Crippen LogP contribution in [0, 0.1) is 5.92 Å². The van der Waals surface area contributed by atoms with Gasteiger partial charge in [-0.25, -0.2) is 4.98 Å². The molecule has 4 nitrogen and oxygen atoms in total. The highest BCUT2D eigenvalue weighted by Gasteiger charge is 2.21. The SMILES string of the molecule is O=C(Nc1ccc2cccc(Cl)c2n1)C1CCCNC1. The zero-order valence-corrected chi connectivity index (χ0v) is 11.8. The van der Waals surface area contributed by atoms with E-state index in [9.17, 15) is 4.79 Å². The Morgan fingerprint density at radius 3 is 3.05 bits per heavy atom. The van der Waals surface area contributed by atoms with Gasteiger partial charge in [0.05, 0.1) is 16.5 Å². The summed E-state index contributed by atoms with van der Waals surface area (Å²) in [6.07, 6.45) is 1.96. The lowest BCUT2D eigenvalue weighted by molar-refractivity contribution is -0.120. The number of aromatic nitrogens is 1. The summed E-state index contributed by atoms with van der Waals surface area (Å²) in [6.45, 7) is 1.73. The first-order chi connectivity index (χ1) is 9.74. The Hall–Kier alpha value is -1.65. The Balaban J connectivity index is 1.80. The van der Waals surface area contributed by atoms with Crippen molar-refractivity contribution in [1.29, 1.82) is 0 Å². The van der Waals surface area contributed by atoms with Gasteiger partial charge in [-0.2, -0.15) is 0 Å². The number of benzene rings is 1. The molecule has 3 rings (SSSR count). The molecule has 0 bridgehead atoms. The number of nitrogens with one attached hydrogen (secondary N) is 2. The van der Waals surface area contributed by atoms with Crippen LogP contribution in [0.25, 0.3) is 10.9 Å². The maximum atomic E-state index is 12.2. The van der Waals surface area contributed by atoms with Gasteiger partial charge in [0.15, 0.2) is 0 Å². The largest absolute Gasteiger partial charge is 0.316 e. The summed E-state index contributed by atoms with van der Waals surface area (Å²) < 4.78 is 0. The van der Waals surface area contributed by atoms with Crippen molar-refractivity contribution in [3.05, 3.63) is 35.4 Å². The van der Waals surface area contributed by atoms with E-state index in [1.165, 1.54) is 0 Å². The molecule has 1 aliphatic heterocycles. The number of pyridine rings is 1. The van der Waals surface area contributed by atoms with Crippen molar-refractivity contribution in [2.24, 2.45) is 5.92 Å². The van der Waals surface area contributed by atoms with Crippen molar-refractivity contribution in [2.45, 2.75) is 12.8 Å². The lowest BCUT2D eigenvalue weighted by Gasteiger charge is -2.21. The summed E-state index contributed by atoms with van der Waals surface area (Å²) >= 11 is 6.13. The second kappa shape index (κ2) is 5.77. The molecule has 104 valence electrons. The standard InChI is InChI=1S/C15H16ClN3O/c16-12-5-1-3-10-6-7-13(18-14(10)12)19-15(20)11-4-2-8-17-9-11/h1,3,5-7,11,17H,2,4,8-9H2,(H,18,19,20). The molecule has 0 aliphatic carbocycles. The van der Waals surface area contributed by atoms with Gasteiger partial charge in [-0.05, 0) is 37.6 Å². The molecule has 1 aromatic heterocycles. The molecule has 2 heterocycles. The van der Waals surface area contributed by atoms with Gasteiger partial charge in [0.2, 0.25) is 5.91 Å². The second-order valence-electron chi connectivity index (χ2n) is 5.04. The fraction of sp³-hybridized carbons (Fsp3) is 0.333. The number of halogens is 1. The van der Waals surface area contributed by atoms with Crippen LogP contribution in [-0.4, -0.2) is 24.0 Å². The fourth-order valence-corrected chi connectivity index (χ4v) is 2.71. The Kier molecular flexibility index (Phi) is 3.85. The van der Waals surface area contributed by atoms with E-state index in [4.69, 9.17) is 11.6 Å². The maximum Gasteiger partial charge on any atom is 0.229 e. The van der Waals surface area contributed by atoms with Crippen LogP contribution < -0.4 is 10.6 Å². The zero-order valence-electron chi connectivity index (χ0n) is 11.0. The lowest BCUT2D eigenvalue weighted by Crippen LogP contribution is -2.37. The summed E-state index contributed by atoms with van der Waals surface area (Å²) in [5.74, 6) is 0.602. The molecule has 0 radical (unpaired) electrons. The van der Waals surface area contributed by atoms with Crippen molar-refractivity contribution in [3.63, 3.8) is 0 Å². The monoisotopic (exact) mass is 289 g/mol. The molecule has 1 unspecified atom stereocenters. The number of fused-ring (bicyclic) bond motifs is 1. The van der Waals surface area contributed by atoms with Crippen molar-refractivity contribution in [3.8, 4) is 0 Å². The average Bonchev–Trinajstić information content (AvgIpc) is 2.49. The van der Waals surface area contributed by atoms with Crippen LogP contribution in [0.4, 0.5) is 5.82 Å². The number of rotatable bonds is 2. The van der Waals surface area contributed by atoms with Gasteiger partial charge in [0.25, 0.3) is 0 Å². The fourth-order valence-electron chi connectivity index (χ4n) is 2.48. The van der Waals surface area contributed by atoms with Gasteiger partial charge < -0.3 is 10.6 Å². The highest BCUT2D eigenvalue weighted by molar-refractivity contribution is 6.35. The molecule has 1 atom stereocenters. The molecular weight excluding hydrogens is 274 g/mol. The smallest absolute Gasteiger partial charge is 0.229 e. The van der Waals surface area contributed by atoms with E-state index in [1.54, 1.807) is 6.07 Å². The lowest BCUT2D eigenvalue weighted by atomic mass is 9.99. The number of piperidine rings is 1. The van der Waals surface area contributed by atoms with Crippen LogP contribution in [0.1, 0.15) is 12.8 Å². The summed E-state index contributed by atoms with van der Waals surface area (Å²) in [6, 6.07) is 9.37. The number of carbonyl (C=O) groups excluding carboxylic acids is 1. The van der Waals surface area contributed by atoms with E-state index in [-0.39, 0.29) is 11.8 Å². The molecule has 20 heavy (non-hydrogen) atoms. The first-order valence-corrected chi connectivity index (χ1v) is 7.19. The predicted octanol–water partition coefficient (Wildman–Crippen LogP) is 2.83. The summed E-state index contributed by atoms with van der Waals surface area (Å²) in [5, 5.41) is 7.68. The van der Waals surface area contributed by atoms with Gasteiger partial charge in [0, 0.05) is 11.9 Å².